The first-order chi connectivity index (χ1) is 13.3. The van der Waals surface area contributed by atoms with Gasteiger partial charge in [-0.2, -0.15) is 0 Å². The molecule has 0 aliphatic heterocycles. The van der Waals surface area contributed by atoms with Gasteiger partial charge in [-0.15, -0.1) is 0 Å². The highest BCUT2D eigenvalue weighted by Crippen LogP contribution is 2.37. The summed E-state index contributed by atoms with van der Waals surface area (Å²) in [6.07, 6.45) is 0. The predicted octanol–water partition coefficient (Wildman–Crippen LogP) is 5.78. The van der Waals surface area contributed by atoms with Crippen LogP contribution < -0.4 is 14.2 Å². The van der Waals surface area contributed by atoms with E-state index in [-0.39, 0.29) is 11.9 Å². The summed E-state index contributed by atoms with van der Waals surface area (Å²) in [5.41, 5.74) is -1.28. The minimum Gasteiger partial charge on any atom is -0.493 e. The average molecular weight is 401 g/mol. The summed E-state index contributed by atoms with van der Waals surface area (Å²) in [7, 11) is 0. The molecule has 29 heavy (non-hydrogen) atoms. The van der Waals surface area contributed by atoms with Crippen LogP contribution in [0.3, 0.4) is 0 Å². The molecule has 5 nitrogen and oxygen atoms in total. The van der Waals surface area contributed by atoms with Gasteiger partial charge in [0.15, 0.2) is 0 Å². The van der Waals surface area contributed by atoms with E-state index in [1.165, 1.54) is 0 Å². The molecule has 0 aromatic heterocycles. The van der Waals surface area contributed by atoms with E-state index in [2.05, 4.69) is 13.8 Å². The first-order valence-electron chi connectivity index (χ1n) is 9.93. The van der Waals surface area contributed by atoms with Crippen molar-refractivity contribution in [1.82, 2.24) is 0 Å². The molecule has 0 heterocycles. The van der Waals surface area contributed by atoms with Gasteiger partial charge in [-0.1, -0.05) is 13.8 Å². The number of benzene rings is 2. The molecule has 2 rings (SSSR count). The van der Waals surface area contributed by atoms with Crippen molar-refractivity contribution in [3.63, 3.8) is 0 Å². The lowest BCUT2D eigenvalue weighted by Gasteiger charge is -2.20. The Morgan fingerprint density at radius 3 is 1.72 bits per heavy atom. The van der Waals surface area contributed by atoms with E-state index in [1.807, 2.05) is 18.2 Å². The highest BCUT2D eigenvalue weighted by Gasteiger charge is 2.27. The minimum atomic E-state index is -0.643. The van der Waals surface area contributed by atoms with Gasteiger partial charge in [-0.3, -0.25) is 9.59 Å². The molecule has 0 aliphatic carbocycles. The van der Waals surface area contributed by atoms with E-state index >= 15 is 0 Å². The molecule has 2 aromatic rings. The van der Waals surface area contributed by atoms with Crippen molar-refractivity contribution in [2.75, 3.05) is 6.61 Å². The maximum absolute atomic E-state index is 12.4. The fraction of sp³-hybridized carbons (Fsp3) is 0.500. The molecule has 0 saturated heterocycles. The molecule has 0 atom stereocenters. The third-order valence-electron chi connectivity index (χ3n) is 4.12. The van der Waals surface area contributed by atoms with Gasteiger partial charge in [0.2, 0.25) is 0 Å². The lowest BCUT2D eigenvalue weighted by atomic mass is 9.97. The molecule has 158 valence electrons. The van der Waals surface area contributed by atoms with Crippen LogP contribution >= 0.6 is 0 Å². The molecule has 0 amide bonds. The van der Waals surface area contributed by atoms with Gasteiger partial charge in [0, 0.05) is 10.8 Å². The van der Waals surface area contributed by atoms with Gasteiger partial charge in [0.05, 0.1) is 17.4 Å². The van der Waals surface area contributed by atoms with E-state index in [1.54, 1.807) is 53.7 Å². The number of carbonyl (C=O) groups excluding carboxylic acids is 2. The highest BCUT2D eigenvalue weighted by molar-refractivity contribution is 5.97. The minimum absolute atomic E-state index is 0.335. The number of esters is 2. The predicted molar refractivity (Wildman–Crippen MR) is 114 cm³/mol. The van der Waals surface area contributed by atoms with Crippen LogP contribution in [0.15, 0.2) is 30.3 Å². The number of fused-ring (bicyclic) bond motifs is 1. The third-order valence-corrected chi connectivity index (χ3v) is 4.12. The van der Waals surface area contributed by atoms with Crippen molar-refractivity contribution >= 4 is 22.7 Å². The summed E-state index contributed by atoms with van der Waals surface area (Å²) in [5, 5.41) is 1.33. The molecule has 0 unspecified atom stereocenters. The Kier molecular flexibility index (Phi) is 6.61. The molecule has 0 saturated carbocycles. The van der Waals surface area contributed by atoms with Gasteiger partial charge >= 0.3 is 11.9 Å². The lowest BCUT2D eigenvalue weighted by Crippen LogP contribution is -2.26. The maximum atomic E-state index is 12.4. The van der Waals surface area contributed by atoms with Crippen LogP contribution in [0.4, 0.5) is 0 Å². The van der Waals surface area contributed by atoms with E-state index in [0.29, 0.717) is 40.5 Å². The van der Waals surface area contributed by atoms with Gasteiger partial charge in [-0.25, -0.2) is 0 Å². The molecule has 0 fully saturated rings. The molecule has 0 bridgehead atoms. The Hall–Kier alpha value is -2.56. The average Bonchev–Trinajstić information content (AvgIpc) is 2.60. The van der Waals surface area contributed by atoms with E-state index in [0.717, 1.165) is 0 Å². The Bertz CT molecular complexity index is 898. The smallest absolute Gasteiger partial charge is 0.316 e. The number of hydrogen-bond acceptors (Lipinski definition) is 5. The zero-order chi connectivity index (χ0) is 22.0. The van der Waals surface area contributed by atoms with E-state index < -0.39 is 10.8 Å². The monoisotopic (exact) mass is 400 g/mol. The summed E-state index contributed by atoms with van der Waals surface area (Å²) in [6, 6.07) is 8.78. The molecule has 0 N–H and O–H groups in total. The Morgan fingerprint density at radius 2 is 1.28 bits per heavy atom. The topological polar surface area (TPSA) is 61.8 Å². The quantitative estimate of drug-likeness (QED) is 0.470. The van der Waals surface area contributed by atoms with Crippen molar-refractivity contribution in [2.45, 2.75) is 55.4 Å². The van der Waals surface area contributed by atoms with Crippen molar-refractivity contribution in [1.29, 1.82) is 0 Å². The maximum Gasteiger partial charge on any atom is 0.316 e. The molecular weight excluding hydrogens is 368 g/mol. The summed E-state index contributed by atoms with van der Waals surface area (Å²) in [4.78, 5) is 24.8. The Labute approximate surface area is 173 Å². The molecule has 0 radical (unpaired) electrons. The number of ether oxygens (including phenoxy) is 3. The van der Waals surface area contributed by atoms with E-state index in [9.17, 15) is 9.59 Å². The Balaban J connectivity index is 2.52. The molecular formula is C24H32O5. The van der Waals surface area contributed by atoms with Crippen LogP contribution in [0.2, 0.25) is 0 Å². The number of carbonyl (C=O) groups is 2. The zero-order valence-electron chi connectivity index (χ0n) is 18.7. The molecule has 5 heteroatoms. The first kappa shape index (κ1) is 22.7. The van der Waals surface area contributed by atoms with Crippen molar-refractivity contribution in [2.24, 2.45) is 16.7 Å². The van der Waals surface area contributed by atoms with Crippen LogP contribution in [-0.4, -0.2) is 18.5 Å². The van der Waals surface area contributed by atoms with Gasteiger partial charge in [-0.05, 0) is 77.8 Å². The van der Waals surface area contributed by atoms with Crippen LogP contribution in [-0.2, 0) is 9.59 Å². The van der Waals surface area contributed by atoms with Crippen molar-refractivity contribution in [3.05, 3.63) is 30.3 Å². The normalized spacial score (nSPS) is 12.2. The summed E-state index contributed by atoms with van der Waals surface area (Å²) >= 11 is 0. The van der Waals surface area contributed by atoms with Crippen molar-refractivity contribution < 1.29 is 23.8 Å². The summed E-state index contributed by atoms with van der Waals surface area (Å²) in [5.74, 6) is 1.20. The molecule has 0 aliphatic rings. The van der Waals surface area contributed by atoms with Crippen LogP contribution in [0.5, 0.6) is 17.2 Å². The second-order valence-corrected chi connectivity index (χ2v) is 9.75. The van der Waals surface area contributed by atoms with Crippen LogP contribution in [0.1, 0.15) is 55.4 Å². The second-order valence-electron chi connectivity index (χ2n) is 9.75. The number of hydrogen-bond donors (Lipinski definition) is 0. The first-order valence-corrected chi connectivity index (χ1v) is 9.93. The third kappa shape index (κ3) is 5.96. The van der Waals surface area contributed by atoms with Gasteiger partial charge in [0.1, 0.15) is 17.2 Å². The zero-order valence-corrected chi connectivity index (χ0v) is 18.7. The SMILES string of the molecule is CC(C)COc1ccc2c(OC(=O)C(C)(C)C)ccc(OC(=O)C(C)(C)C)c2c1. The second kappa shape index (κ2) is 8.44. The molecule has 2 aromatic carbocycles. The fourth-order valence-electron chi connectivity index (χ4n) is 2.31. The van der Waals surface area contributed by atoms with Crippen LogP contribution in [0.25, 0.3) is 10.8 Å². The van der Waals surface area contributed by atoms with Gasteiger partial charge < -0.3 is 14.2 Å². The molecule has 0 spiro atoms. The summed E-state index contributed by atoms with van der Waals surface area (Å²) in [6.45, 7) is 15.5. The highest BCUT2D eigenvalue weighted by atomic mass is 16.5. The van der Waals surface area contributed by atoms with Crippen LogP contribution in [0, 0.1) is 16.7 Å². The Morgan fingerprint density at radius 1 is 0.793 bits per heavy atom. The van der Waals surface area contributed by atoms with E-state index in [4.69, 9.17) is 14.2 Å². The fourth-order valence-corrected chi connectivity index (χ4v) is 2.31. The van der Waals surface area contributed by atoms with Crippen molar-refractivity contribution in [3.8, 4) is 17.2 Å². The number of rotatable bonds is 5. The van der Waals surface area contributed by atoms with Gasteiger partial charge in [0.25, 0.3) is 0 Å². The largest absolute Gasteiger partial charge is 0.493 e. The summed E-state index contributed by atoms with van der Waals surface area (Å²) < 4.78 is 17.1. The lowest BCUT2D eigenvalue weighted by molar-refractivity contribution is -0.143. The standard InChI is InChI=1S/C24H32O5/c1-15(2)14-27-16-9-10-17-18(13-16)20(29-22(26)24(6,7)8)12-11-19(17)28-21(25)23(3,4)5/h9-13,15H,14H2,1-8H3.